The molecule has 2 rings (SSSR count). The Morgan fingerprint density at radius 2 is 2.10 bits per heavy atom. The number of nitrogens with zero attached hydrogens (tertiary/aromatic N) is 2. The number of hydrogen-bond acceptors (Lipinski definition) is 2. The van der Waals surface area contributed by atoms with Crippen LogP contribution >= 0.6 is 11.6 Å². The van der Waals surface area contributed by atoms with E-state index in [0.717, 1.165) is 23.2 Å². The van der Waals surface area contributed by atoms with Gasteiger partial charge in [-0.25, -0.2) is 0 Å². The molecule has 20 heavy (non-hydrogen) atoms. The third-order valence-corrected chi connectivity index (χ3v) is 3.78. The van der Waals surface area contributed by atoms with Crippen molar-refractivity contribution >= 4 is 11.6 Å². The first-order valence-corrected chi connectivity index (χ1v) is 7.36. The van der Waals surface area contributed by atoms with Crippen LogP contribution in [0, 0.1) is 6.92 Å². The van der Waals surface area contributed by atoms with Crippen molar-refractivity contribution in [3.63, 3.8) is 0 Å². The maximum Gasteiger partial charge on any atom is 0.0846 e. The molecule has 2 unspecified atom stereocenters. The molecule has 0 bridgehead atoms. The molecule has 2 atom stereocenters. The molecule has 1 heterocycles. The molecule has 1 aromatic carbocycles. The van der Waals surface area contributed by atoms with Crippen LogP contribution in [0.1, 0.15) is 49.2 Å². The van der Waals surface area contributed by atoms with Crippen LogP contribution in [-0.2, 0) is 6.42 Å². The molecule has 0 amide bonds. The fourth-order valence-electron chi connectivity index (χ4n) is 2.19. The van der Waals surface area contributed by atoms with Crippen molar-refractivity contribution in [3.8, 4) is 0 Å². The van der Waals surface area contributed by atoms with Crippen molar-refractivity contribution in [2.75, 3.05) is 0 Å². The number of aryl methyl sites for hydroxylation is 1. The Balaban J connectivity index is 2.11. The van der Waals surface area contributed by atoms with Crippen molar-refractivity contribution in [3.05, 3.63) is 52.3 Å². The van der Waals surface area contributed by atoms with Crippen molar-refractivity contribution in [2.45, 2.75) is 45.8 Å². The first-order valence-electron chi connectivity index (χ1n) is 6.98. The van der Waals surface area contributed by atoms with Gasteiger partial charge in [0.25, 0.3) is 0 Å². The van der Waals surface area contributed by atoms with Crippen LogP contribution in [0.2, 0.25) is 5.02 Å². The average Bonchev–Trinajstić information content (AvgIpc) is 2.85. The lowest BCUT2D eigenvalue weighted by atomic mass is 10.0. The second kappa shape index (κ2) is 6.42. The van der Waals surface area contributed by atoms with Crippen LogP contribution in [0.5, 0.6) is 0 Å². The molecule has 0 saturated carbocycles. The Bertz CT molecular complexity index is 559. The third-order valence-electron chi connectivity index (χ3n) is 3.56. The molecular weight excluding hydrogens is 272 g/mol. The minimum absolute atomic E-state index is 0.384. The van der Waals surface area contributed by atoms with E-state index in [1.165, 1.54) is 0 Å². The van der Waals surface area contributed by atoms with Gasteiger partial charge in [-0.05, 0) is 49.6 Å². The standard InChI is InChI=1S/C16H21ClN2O/c1-4-12(3)19-6-5-15(18-19)10-16(20)13-7-11(2)8-14(17)9-13/h5-9,12,16,20H,4,10H2,1-3H3. The first-order chi connectivity index (χ1) is 9.49. The molecule has 0 radical (unpaired) electrons. The summed E-state index contributed by atoms with van der Waals surface area (Å²) in [5.74, 6) is 0. The van der Waals surface area contributed by atoms with Gasteiger partial charge in [-0.3, -0.25) is 4.68 Å². The number of aromatic nitrogens is 2. The number of rotatable bonds is 5. The van der Waals surface area contributed by atoms with E-state index in [1.807, 2.05) is 42.1 Å². The number of aliphatic hydroxyl groups excluding tert-OH is 1. The molecule has 3 nitrogen and oxygen atoms in total. The fourth-order valence-corrected chi connectivity index (χ4v) is 2.49. The lowest BCUT2D eigenvalue weighted by Gasteiger charge is -2.12. The molecule has 0 aliphatic carbocycles. The zero-order valence-corrected chi connectivity index (χ0v) is 12.9. The van der Waals surface area contributed by atoms with Crippen molar-refractivity contribution in [1.82, 2.24) is 9.78 Å². The van der Waals surface area contributed by atoms with E-state index >= 15 is 0 Å². The molecule has 2 aromatic rings. The summed E-state index contributed by atoms with van der Waals surface area (Å²) in [6.07, 6.45) is 2.94. The van der Waals surface area contributed by atoms with Crippen molar-refractivity contribution in [1.29, 1.82) is 0 Å². The predicted molar refractivity (Wildman–Crippen MR) is 82.1 cm³/mol. The van der Waals surface area contributed by atoms with Gasteiger partial charge < -0.3 is 5.11 Å². The number of hydrogen-bond donors (Lipinski definition) is 1. The minimum atomic E-state index is -0.576. The summed E-state index contributed by atoms with van der Waals surface area (Å²) in [4.78, 5) is 0. The lowest BCUT2D eigenvalue weighted by molar-refractivity contribution is 0.176. The van der Waals surface area contributed by atoms with E-state index in [9.17, 15) is 5.11 Å². The highest BCUT2D eigenvalue weighted by Gasteiger charge is 2.13. The Kier molecular flexibility index (Phi) is 4.84. The molecule has 0 saturated heterocycles. The average molecular weight is 293 g/mol. The Morgan fingerprint density at radius 1 is 1.35 bits per heavy atom. The molecule has 4 heteroatoms. The van der Waals surface area contributed by atoms with Gasteiger partial charge in [0.05, 0.1) is 11.8 Å². The van der Waals surface area contributed by atoms with E-state index in [0.29, 0.717) is 17.5 Å². The molecule has 0 aliphatic rings. The van der Waals surface area contributed by atoms with E-state index in [2.05, 4.69) is 18.9 Å². The topological polar surface area (TPSA) is 38.0 Å². The summed E-state index contributed by atoms with van der Waals surface area (Å²) in [6, 6.07) is 8.00. The molecule has 108 valence electrons. The SMILES string of the molecule is CCC(C)n1ccc(CC(O)c2cc(C)cc(Cl)c2)n1. The van der Waals surface area contributed by atoms with Crippen LogP contribution in [0.4, 0.5) is 0 Å². The number of benzene rings is 1. The maximum absolute atomic E-state index is 10.3. The van der Waals surface area contributed by atoms with Crippen LogP contribution < -0.4 is 0 Å². The van der Waals surface area contributed by atoms with Crippen molar-refractivity contribution < 1.29 is 5.11 Å². The molecular formula is C16H21ClN2O. The third kappa shape index (κ3) is 3.62. The van der Waals surface area contributed by atoms with Gasteiger partial charge in [-0.15, -0.1) is 0 Å². The fraction of sp³-hybridized carbons (Fsp3) is 0.438. The van der Waals surface area contributed by atoms with Crippen LogP contribution in [0.15, 0.2) is 30.5 Å². The Hall–Kier alpha value is -1.32. The lowest BCUT2D eigenvalue weighted by Crippen LogP contribution is -2.07. The summed E-state index contributed by atoms with van der Waals surface area (Å²) in [7, 11) is 0. The van der Waals surface area contributed by atoms with Crippen LogP contribution in [0.3, 0.4) is 0 Å². The number of halogens is 1. The second-order valence-electron chi connectivity index (χ2n) is 5.33. The van der Waals surface area contributed by atoms with Crippen LogP contribution in [0.25, 0.3) is 0 Å². The maximum atomic E-state index is 10.3. The van der Waals surface area contributed by atoms with Crippen molar-refractivity contribution in [2.24, 2.45) is 0 Å². The zero-order chi connectivity index (χ0) is 14.7. The molecule has 0 aliphatic heterocycles. The summed E-state index contributed by atoms with van der Waals surface area (Å²) >= 11 is 6.03. The van der Waals surface area contributed by atoms with Gasteiger partial charge in [0.15, 0.2) is 0 Å². The molecule has 0 fully saturated rings. The van der Waals surface area contributed by atoms with Gasteiger partial charge in [0.2, 0.25) is 0 Å². The van der Waals surface area contributed by atoms with Crippen LogP contribution in [-0.4, -0.2) is 14.9 Å². The predicted octanol–water partition coefficient (Wildman–Crippen LogP) is 4.09. The summed E-state index contributed by atoms with van der Waals surface area (Å²) in [5, 5.41) is 15.5. The van der Waals surface area contributed by atoms with E-state index in [4.69, 9.17) is 11.6 Å². The van der Waals surface area contributed by atoms with Gasteiger partial charge in [-0.2, -0.15) is 5.10 Å². The monoisotopic (exact) mass is 292 g/mol. The van der Waals surface area contributed by atoms with E-state index in [1.54, 1.807) is 0 Å². The normalized spacial score (nSPS) is 14.2. The zero-order valence-electron chi connectivity index (χ0n) is 12.2. The summed E-state index contributed by atoms with van der Waals surface area (Å²) in [5.41, 5.74) is 2.79. The summed E-state index contributed by atoms with van der Waals surface area (Å²) in [6.45, 7) is 6.24. The van der Waals surface area contributed by atoms with Gasteiger partial charge in [-0.1, -0.05) is 24.6 Å². The molecule has 1 N–H and O–H groups in total. The van der Waals surface area contributed by atoms with E-state index in [-0.39, 0.29) is 0 Å². The van der Waals surface area contributed by atoms with Gasteiger partial charge in [0, 0.05) is 23.7 Å². The summed E-state index contributed by atoms with van der Waals surface area (Å²) < 4.78 is 1.95. The Labute approximate surface area is 125 Å². The smallest absolute Gasteiger partial charge is 0.0846 e. The second-order valence-corrected chi connectivity index (χ2v) is 5.76. The quantitative estimate of drug-likeness (QED) is 0.901. The number of aliphatic hydroxyl groups is 1. The highest BCUT2D eigenvalue weighted by Crippen LogP contribution is 2.23. The Morgan fingerprint density at radius 3 is 2.75 bits per heavy atom. The largest absolute Gasteiger partial charge is 0.388 e. The first kappa shape index (κ1) is 15.1. The molecule has 1 aromatic heterocycles. The van der Waals surface area contributed by atoms with E-state index < -0.39 is 6.10 Å². The van der Waals surface area contributed by atoms with Gasteiger partial charge in [0.1, 0.15) is 0 Å². The highest BCUT2D eigenvalue weighted by atomic mass is 35.5. The minimum Gasteiger partial charge on any atom is -0.388 e. The molecule has 0 spiro atoms. The highest BCUT2D eigenvalue weighted by molar-refractivity contribution is 6.30. The van der Waals surface area contributed by atoms with Gasteiger partial charge >= 0.3 is 0 Å².